The molecule has 3 amide bonds. The van der Waals surface area contributed by atoms with E-state index in [2.05, 4.69) is 26.0 Å². The summed E-state index contributed by atoms with van der Waals surface area (Å²) in [5, 5.41) is 0. The third-order valence-electron chi connectivity index (χ3n) is 7.55. The van der Waals surface area contributed by atoms with E-state index < -0.39 is 0 Å². The van der Waals surface area contributed by atoms with Gasteiger partial charge in [-0.3, -0.25) is 9.59 Å². The second-order valence-corrected chi connectivity index (χ2v) is 10.5. The molecule has 33 heavy (non-hydrogen) atoms. The fourth-order valence-electron chi connectivity index (χ4n) is 5.56. The molecule has 3 aliphatic heterocycles. The maximum Gasteiger partial charge on any atom is 0.319 e. The molecule has 0 atom stereocenters. The van der Waals surface area contributed by atoms with E-state index in [1.165, 1.54) is 5.56 Å². The Balaban J connectivity index is 1.23. The first kappa shape index (κ1) is 23.8. The number of rotatable bonds is 5. The molecular weight excluding hydrogens is 414 g/mol. The largest absolute Gasteiger partial charge is 0.342 e. The quantitative estimate of drug-likeness (QED) is 0.627. The Morgan fingerprint density at radius 2 is 1.27 bits per heavy atom. The summed E-state index contributed by atoms with van der Waals surface area (Å²) in [6, 6.07) is 8.23. The number of nitrogens with zero attached hydrogens (tertiary/aromatic N) is 3. The van der Waals surface area contributed by atoms with Crippen LogP contribution in [0.25, 0.3) is 0 Å². The van der Waals surface area contributed by atoms with Gasteiger partial charge in [-0.05, 0) is 56.4 Å². The molecule has 1 aromatic carbocycles. The molecule has 0 N–H and O–H groups in total. The van der Waals surface area contributed by atoms with Crippen LogP contribution in [-0.4, -0.2) is 71.7 Å². The summed E-state index contributed by atoms with van der Waals surface area (Å²) in [7, 11) is 0. The Kier molecular flexibility index (Phi) is 7.71. The van der Waals surface area contributed by atoms with Crippen molar-refractivity contribution in [1.29, 1.82) is 0 Å². The molecule has 0 bridgehead atoms. The molecule has 0 aliphatic carbocycles. The number of carbonyl (C=O) groups excluding carboxylic acids is 3. The number of ketones is 1. The second-order valence-electron chi connectivity index (χ2n) is 10.5. The maximum atomic E-state index is 13.1. The van der Waals surface area contributed by atoms with Crippen LogP contribution in [-0.2, 0) is 11.2 Å². The monoisotopic (exact) mass is 453 g/mol. The van der Waals surface area contributed by atoms with E-state index in [0.29, 0.717) is 32.1 Å². The highest BCUT2D eigenvalue weighted by molar-refractivity contribution is 5.98. The molecule has 0 spiro atoms. The molecule has 1 aromatic rings. The van der Waals surface area contributed by atoms with Gasteiger partial charge in [-0.2, -0.15) is 0 Å². The molecule has 3 saturated heterocycles. The van der Waals surface area contributed by atoms with Gasteiger partial charge in [0, 0.05) is 56.7 Å². The molecule has 180 valence electrons. The van der Waals surface area contributed by atoms with Crippen LogP contribution >= 0.6 is 0 Å². The molecule has 3 aliphatic rings. The van der Waals surface area contributed by atoms with Gasteiger partial charge < -0.3 is 14.7 Å². The van der Waals surface area contributed by atoms with Gasteiger partial charge in [-0.1, -0.05) is 38.1 Å². The minimum atomic E-state index is 0.00456. The zero-order chi connectivity index (χ0) is 23.4. The first-order valence-electron chi connectivity index (χ1n) is 12.9. The van der Waals surface area contributed by atoms with Crippen molar-refractivity contribution < 1.29 is 14.4 Å². The Morgan fingerprint density at radius 1 is 0.758 bits per heavy atom. The van der Waals surface area contributed by atoms with E-state index in [-0.39, 0.29) is 29.6 Å². The van der Waals surface area contributed by atoms with Crippen molar-refractivity contribution in [1.82, 2.24) is 14.7 Å². The summed E-state index contributed by atoms with van der Waals surface area (Å²) in [5.41, 5.74) is 2.07. The van der Waals surface area contributed by atoms with Gasteiger partial charge in [0.1, 0.15) is 0 Å². The van der Waals surface area contributed by atoms with Crippen molar-refractivity contribution >= 4 is 17.7 Å². The standard InChI is InChI=1S/C27H39N3O3/c1-20(2)19-21-5-7-22(8-6-21)25(31)23-9-15-28(16-10-23)26(32)24-11-17-30(18-12-24)27(33)29-13-3-4-14-29/h5-8,20,23-24H,3-4,9-19H2,1-2H3. The van der Waals surface area contributed by atoms with E-state index in [1.807, 2.05) is 26.8 Å². The third-order valence-corrected chi connectivity index (χ3v) is 7.55. The fraction of sp³-hybridized carbons (Fsp3) is 0.667. The zero-order valence-electron chi connectivity index (χ0n) is 20.3. The molecular formula is C27H39N3O3. The lowest BCUT2D eigenvalue weighted by Crippen LogP contribution is -2.49. The Labute approximate surface area is 198 Å². The lowest BCUT2D eigenvalue weighted by Gasteiger charge is -2.38. The molecule has 0 aromatic heterocycles. The van der Waals surface area contributed by atoms with Crippen LogP contribution < -0.4 is 0 Å². The Morgan fingerprint density at radius 3 is 1.85 bits per heavy atom. The molecule has 3 fully saturated rings. The van der Waals surface area contributed by atoms with E-state index in [4.69, 9.17) is 0 Å². The number of benzene rings is 1. The SMILES string of the molecule is CC(C)Cc1ccc(C(=O)C2CCN(C(=O)C3CCN(C(=O)N4CCCC4)CC3)CC2)cc1. The lowest BCUT2D eigenvalue weighted by atomic mass is 9.87. The second kappa shape index (κ2) is 10.7. The summed E-state index contributed by atoms with van der Waals surface area (Å²) >= 11 is 0. The summed E-state index contributed by atoms with van der Waals surface area (Å²) in [6.07, 6.45) is 6.21. The fourth-order valence-corrected chi connectivity index (χ4v) is 5.56. The number of urea groups is 1. The van der Waals surface area contributed by atoms with Crippen molar-refractivity contribution in [2.75, 3.05) is 39.3 Å². The van der Waals surface area contributed by atoms with Crippen molar-refractivity contribution in [3.63, 3.8) is 0 Å². The number of Topliss-reactive ketones (excluding diaryl/α,β-unsaturated/α-hetero) is 1. The lowest BCUT2D eigenvalue weighted by molar-refractivity contribution is -0.138. The van der Waals surface area contributed by atoms with Gasteiger partial charge in [-0.15, -0.1) is 0 Å². The van der Waals surface area contributed by atoms with E-state index in [9.17, 15) is 14.4 Å². The number of likely N-dealkylation sites (tertiary alicyclic amines) is 3. The van der Waals surface area contributed by atoms with Crippen LogP contribution in [0.4, 0.5) is 4.79 Å². The molecule has 6 nitrogen and oxygen atoms in total. The molecule has 0 saturated carbocycles. The van der Waals surface area contributed by atoms with Gasteiger partial charge in [-0.25, -0.2) is 4.79 Å². The van der Waals surface area contributed by atoms with Gasteiger partial charge >= 0.3 is 6.03 Å². The van der Waals surface area contributed by atoms with Crippen LogP contribution in [0.1, 0.15) is 68.3 Å². The van der Waals surface area contributed by atoms with E-state index in [0.717, 1.165) is 63.6 Å². The van der Waals surface area contributed by atoms with Crippen molar-refractivity contribution in [3.05, 3.63) is 35.4 Å². The number of hydrogen-bond acceptors (Lipinski definition) is 3. The predicted octanol–water partition coefficient (Wildman–Crippen LogP) is 4.23. The Bertz CT molecular complexity index is 829. The number of hydrogen-bond donors (Lipinski definition) is 0. The first-order chi connectivity index (χ1) is 15.9. The van der Waals surface area contributed by atoms with Gasteiger partial charge in [0.2, 0.25) is 5.91 Å². The maximum absolute atomic E-state index is 13.1. The minimum Gasteiger partial charge on any atom is -0.342 e. The van der Waals surface area contributed by atoms with Crippen LogP contribution in [0.3, 0.4) is 0 Å². The molecule has 6 heteroatoms. The number of amides is 3. The van der Waals surface area contributed by atoms with Crippen LogP contribution in [0.15, 0.2) is 24.3 Å². The number of piperidine rings is 2. The van der Waals surface area contributed by atoms with Crippen LogP contribution in [0.2, 0.25) is 0 Å². The highest BCUT2D eigenvalue weighted by atomic mass is 16.2. The number of carbonyl (C=O) groups is 3. The molecule has 0 unspecified atom stereocenters. The van der Waals surface area contributed by atoms with Gasteiger partial charge in [0.15, 0.2) is 5.78 Å². The molecule has 0 radical (unpaired) electrons. The average Bonchev–Trinajstić information content (AvgIpc) is 3.38. The summed E-state index contributed by atoms with van der Waals surface area (Å²) in [4.78, 5) is 44.5. The van der Waals surface area contributed by atoms with E-state index >= 15 is 0 Å². The van der Waals surface area contributed by atoms with Crippen LogP contribution in [0.5, 0.6) is 0 Å². The molecule has 4 rings (SSSR count). The minimum absolute atomic E-state index is 0.00456. The average molecular weight is 454 g/mol. The normalized spacial score (nSPS) is 20.5. The summed E-state index contributed by atoms with van der Waals surface area (Å²) in [6.45, 7) is 8.81. The molecule has 3 heterocycles. The topological polar surface area (TPSA) is 60.9 Å². The summed E-state index contributed by atoms with van der Waals surface area (Å²) in [5.74, 6) is 1.05. The highest BCUT2D eigenvalue weighted by Crippen LogP contribution is 2.27. The predicted molar refractivity (Wildman–Crippen MR) is 129 cm³/mol. The van der Waals surface area contributed by atoms with Crippen molar-refractivity contribution in [3.8, 4) is 0 Å². The third kappa shape index (κ3) is 5.77. The van der Waals surface area contributed by atoms with Gasteiger partial charge in [0.25, 0.3) is 0 Å². The smallest absolute Gasteiger partial charge is 0.319 e. The van der Waals surface area contributed by atoms with E-state index in [1.54, 1.807) is 0 Å². The Hall–Kier alpha value is -2.37. The van der Waals surface area contributed by atoms with Crippen molar-refractivity contribution in [2.24, 2.45) is 17.8 Å². The van der Waals surface area contributed by atoms with Crippen LogP contribution in [0, 0.1) is 17.8 Å². The first-order valence-corrected chi connectivity index (χ1v) is 12.9. The summed E-state index contributed by atoms with van der Waals surface area (Å²) < 4.78 is 0. The van der Waals surface area contributed by atoms with Crippen molar-refractivity contribution in [2.45, 2.75) is 58.8 Å². The highest BCUT2D eigenvalue weighted by Gasteiger charge is 2.34. The zero-order valence-corrected chi connectivity index (χ0v) is 20.3. The van der Waals surface area contributed by atoms with Gasteiger partial charge in [0.05, 0.1) is 0 Å².